The zero-order valence-electron chi connectivity index (χ0n) is 22.4. The average molecular weight is 565 g/mol. The van der Waals surface area contributed by atoms with Gasteiger partial charge in [0.1, 0.15) is 5.40 Å². The van der Waals surface area contributed by atoms with Crippen molar-refractivity contribution in [2.75, 3.05) is 19.6 Å². The van der Waals surface area contributed by atoms with Gasteiger partial charge in [-0.15, -0.1) is 0 Å². The predicted molar refractivity (Wildman–Crippen MR) is 143 cm³/mol. The summed E-state index contributed by atoms with van der Waals surface area (Å²) in [5.41, 5.74) is 6.67. The molecule has 38 heavy (non-hydrogen) atoms. The van der Waals surface area contributed by atoms with E-state index in [1.165, 1.54) is 17.5 Å². The maximum Gasteiger partial charge on any atom is 0.300 e. The number of carboxylic acids is 5. The zero-order chi connectivity index (χ0) is 31.1. The smallest absolute Gasteiger partial charge is 0.300 e. The van der Waals surface area contributed by atoms with Crippen molar-refractivity contribution in [3.05, 3.63) is 35.9 Å². The van der Waals surface area contributed by atoms with E-state index in [-0.39, 0.29) is 0 Å². The highest BCUT2D eigenvalue weighted by molar-refractivity contribution is 8.01. The van der Waals surface area contributed by atoms with Gasteiger partial charge in [-0.2, -0.15) is 5.26 Å². The molecule has 0 aliphatic rings. The fraction of sp³-hybridized carbons (Fsp3) is 0.478. The van der Waals surface area contributed by atoms with Gasteiger partial charge >= 0.3 is 0 Å². The third kappa shape index (κ3) is 85.0. The summed E-state index contributed by atoms with van der Waals surface area (Å²) in [6, 6.07) is 10.5. The number of nitrogens with zero attached hydrogens (tertiary/aromatic N) is 2. The Kier molecular flexibility index (Phi) is 38.8. The molecule has 1 rings (SSSR count). The second kappa shape index (κ2) is 33.3. The number of benzene rings is 1. The molecule has 0 aliphatic heterocycles. The number of thiocyanates is 1. The van der Waals surface area contributed by atoms with Crippen molar-refractivity contribution >= 4 is 41.8 Å². The first-order valence-electron chi connectivity index (χ1n) is 10.7. The van der Waals surface area contributed by atoms with E-state index >= 15 is 0 Å². The summed E-state index contributed by atoms with van der Waals surface area (Å²) < 4.78 is 2.06. The number of hydrogen-bond acceptors (Lipinski definition) is 10. The monoisotopic (exact) mass is 564 g/mol. The van der Waals surface area contributed by atoms with Gasteiger partial charge in [0.05, 0.1) is 0 Å². The molecule has 218 valence electrons. The summed E-state index contributed by atoms with van der Waals surface area (Å²) >= 11 is 1.20. The van der Waals surface area contributed by atoms with Crippen molar-refractivity contribution < 1.29 is 49.5 Å². The molecule has 1 aromatic rings. The van der Waals surface area contributed by atoms with Crippen LogP contribution >= 0.6 is 11.9 Å². The van der Waals surface area contributed by atoms with E-state index in [1.54, 1.807) is 0 Å². The number of carboxylic acid groups (broad SMARTS) is 5. The van der Waals surface area contributed by atoms with Crippen LogP contribution in [-0.4, -0.2) is 85.4 Å². The van der Waals surface area contributed by atoms with Crippen LogP contribution in [0, 0.1) is 10.7 Å². The Labute approximate surface area is 227 Å². The fourth-order valence-electron chi connectivity index (χ4n) is 1.68. The SMILES string of the molecule is CC(=O)O.CC(=O)O.CC(=O)O.CC(=O)O.CC(=O)O.CC(CN(Cc1ccccc1)SC#N)NCCN. The topological polar surface area (TPSA) is 252 Å². The fourth-order valence-corrected chi connectivity index (χ4v) is 2.31. The van der Waals surface area contributed by atoms with Gasteiger partial charge in [0, 0.05) is 78.8 Å². The molecule has 0 fully saturated rings. The third-order valence-corrected chi connectivity index (χ3v) is 3.10. The molecule has 0 spiro atoms. The highest BCUT2D eigenvalue weighted by atomic mass is 32.2. The Morgan fingerprint density at radius 1 is 0.868 bits per heavy atom. The van der Waals surface area contributed by atoms with Crippen molar-refractivity contribution in [1.29, 1.82) is 5.26 Å². The van der Waals surface area contributed by atoms with Gasteiger partial charge in [0.2, 0.25) is 0 Å². The minimum Gasteiger partial charge on any atom is -0.481 e. The van der Waals surface area contributed by atoms with Crippen LogP contribution in [0.4, 0.5) is 0 Å². The van der Waals surface area contributed by atoms with E-state index in [1.807, 2.05) is 18.2 Å². The van der Waals surface area contributed by atoms with Gasteiger partial charge in [0.15, 0.2) is 0 Å². The van der Waals surface area contributed by atoms with Crippen LogP contribution in [0.3, 0.4) is 0 Å². The molecule has 15 heteroatoms. The number of carbonyl (C=O) groups is 5. The standard InChI is InChI=1S/C13H20N4S.5C2H4O2/c1-12(16-8-7-14)9-17(18-11-15)10-13-5-3-2-4-6-13;5*1-2(3)4/h2-6,12,16H,7-10,14H2,1H3;5*1H3,(H,3,4). The number of nitrogens with one attached hydrogen (secondary N) is 1. The Bertz CT molecular complexity index is 715. The Balaban J connectivity index is -0.000000148. The van der Waals surface area contributed by atoms with Crippen LogP contribution < -0.4 is 11.1 Å². The van der Waals surface area contributed by atoms with Crippen LogP contribution in [0.5, 0.6) is 0 Å². The molecule has 0 amide bonds. The van der Waals surface area contributed by atoms with Crippen LogP contribution in [0.2, 0.25) is 0 Å². The van der Waals surface area contributed by atoms with E-state index in [4.69, 9.17) is 60.5 Å². The maximum atomic E-state index is 9.00. The number of rotatable bonds is 8. The van der Waals surface area contributed by atoms with Gasteiger partial charge in [-0.3, -0.25) is 24.0 Å². The first kappa shape index (κ1) is 44.3. The lowest BCUT2D eigenvalue weighted by atomic mass is 10.2. The zero-order valence-corrected chi connectivity index (χ0v) is 23.3. The lowest BCUT2D eigenvalue weighted by Gasteiger charge is -2.22. The molecule has 0 radical (unpaired) electrons. The maximum absolute atomic E-state index is 9.00. The van der Waals surface area contributed by atoms with Gasteiger partial charge in [0.25, 0.3) is 29.8 Å². The Morgan fingerprint density at radius 3 is 1.50 bits per heavy atom. The Morgan fingerprint density at radius 2 is 1.21 bits per heavy atom. The van der Waals surface area contributed by atoms with E-state index < -0.39 is 29.8 Å². The van der Waals surface area contributed by atoms with Crippen LogP contribution in [0.15, 0.2) is 30.3 Å². The molecule has 0 saturated carbocycles. The predicted octanol–water partition coefficient (Wildman–Crippen LogP) is 2.01. The van der Waals surface area contributed by atoms with Crippen LogP contribution in [-0.2, 0) is 30.5 Å². The Hall–Kier alpha value is -3.71. The average Bonchev–Trinajstić information content (AvgIpc) is 2.71. The second-order valence-corrected chi connectivity index (χ2v) is 7.61. The summed E-state index contributed by atoms with van der Waals surface area (Å²) in [6.45, 7) is 10.5. The summed E-state index contributed by atoms with van der Waals surface area (Å²) in [4.78, 5) is 45.0. The molecule has 1 unspecified atom stereocenters. The molecule has 0 heterocycles. The van der Waals surface area contributed by atoms with Gasteiger partial charge in [-0.05, 0) is 12.5 Å². The van der Waals surface area contributed by atoms with Crippen molar-refractivity contribution in [2.24, 2.45) is 5.73 Å². The van der Waals surface area contributed by atoms with Gasteiger partial charge < -0.3 is 36.6 Å². The molecular weight excluding hydrogens is 524 g/mol. The van der Waals surface area contributed by atoms with Crippen LogP contribution in [0.1, 0.15) is 47.1 Å². The highest BCUT2D eigenvalue weighted by Crippen LogP contribution is 2.14. The van der Waals surface area contributed by atoms with Gasteiger partial charge in [-0.1, -0.05) is 30.3 Å². The number of aliphatic carboxylic acids is 5. The molecule has 0 saturated heterocycles. The van der Waals surface area contributed by atoms with E-state index in [0.29, 0.717) is 12.6 Å². The molecule has 0 aromatic heterocycles. The molecule has 1 aromatic carbocycles. The molecular formula is C23H40N4O10S. The lowest BCUT2D eigenvalue weighted by molar-refractivity contribution is -0.135. The van der Waals surface area contributed by atoms with Crippen LogP contribution in [0.25, 0.3) is 0 Å². The van der Waals surface area contributed by atoms with E-state index in [2.05, 4.69) is 34.1 Å². The molecule has 1 atom stereocenters. The third-order valence-electron chi connectivity index (χ3n) is 2.49. The number of nitrogens with two attached hydrogens (primary N) is 1. The minimum absolute atomic E-state index is 0.318. The van der Waals surface area contributed by atoms with E-state index in [9.17, 15) is 0 Å². The summed E-state index contributed by atoms with van der Waals surface area (Å²) in [5.74, 6) is -4.17. The normalized spacial score (nSPS) is 9.13. The lowest BCUT2D eigenvalue weighted by Crippen LogP contribution is -2.38. The second-order valence-electron chi connectivity index (χ2n) is 6.73. The molecule has 14 nitrogen and oxygen atoms in total. The van der Waals surface area contributed by atoms with E-state index in [0.717, 1.165) is 54.3 Å². The molecule has 8 N–H and O–H groups in total. The van der Waals surface area contributed by atoms with Crippen molar-refractivity contribution in [1.82, 2.24) is 9.62 Å². The quantitative estimate of drug-likeness (QED) is 0.176. The molecule has 0 bridgehead atoms. The van der Waals surface area contributed by atoms with Gasteiger partial charge in [-0.25, -0.2) is 4.31 Å². The highest BCUT2D eigenvalue weighted by Gasteiger charge is 2.11. The first-order valence-corrected chi connectivity index (χ1v) is 11.5. The summed E-state index contributed by atoms with van der Waals surface area (Å²) in [7, 11) is 0. The number of hydrogen-bond donors (Lipinski definition) is 7. The number of nitriles is 1. The summed E-state index contributed by atoms with van der Waals surface area (Å²) in [6.07, 6.45) is 0. The summed E-state index contributed by atoms with van der Waals surface area (Å²) in [5, 5.41) is 51.4. The van der Waals surface area contributed by atoms with Crippen molar-refractivity contribution in [3.63, 3.8) is 0 Å². The van der Waals surface area contributed by atoms with Crippen molar-refractivity contribution in [3.8, 4) is 5.40 Å². The first-order chi connectivity index (χ1) is 17.4. The molecule has 0 aliphatic carbocycles. The van der Waals surface area contributed by atoms with Crippen molar-refractivity contribution in [2.45, 2.75) is 54.1 Å². The minimum atomic E-state index is -0.833. The largest absolute Gasteiger partial charge is 0.481 e.